The first-order chi connectivity index (χ1) is 13.4. The van der Waals surface area contributed by atoms with E-state index >= 15 is 0 Å². The van der Waals surface area contributed by atoms with E-state index in [1.165, 1.54) is 4.68 Å². The van der Waals surface area contributed by atoms with Gasteiger partial charge in [0.05, 0.1) is 21.9 Å². The summed E-state index contributed by atoms with van der Waals surface area (Å²) < 4.78 is 1.44. The first kappa shape index (κ1) is 20.4. The van der Waals surface area contributed by atoms with Crippen molar-refractivity contribution < 1.29 is 14.7 Å². The van der Waals surface area contributed by atoms with Crippen LogP contribution in [0.1, 0.15) is 48.9 Å². The molecule has 1 saturated carbocycles. The van der Waals surface area contributed by atoms with Gasteiger partial charge in [-0.2, -0.15) is 5.10 Å². The quantitative estimate of drug-likeness (QED) is 0.642. The molecular weight excluding hydrogens is 380 g/mol. The third kappa shape index (κ3) is 5.11. The Hall–Kier alpha value is -2.38. The van der Waals surface area contributed by atoms with Crippen LogP contribution in [0, 0.1) is 0 Å². The van der Waals surface area contributed by atoms with E-state index in [1.54, 1.807) is 30.5 Å². The first-order valence-electron chi connectivity index (χ1n) is 9.49. The van der Waals surface area contributed by atoms with Gasteiger partial charge in [0, 0.05) is 18.3 Å². The van der Waals surface area contributed by atoms with E-state index in [-0.39, 0.29) is 19.0 Å². The second-order valence-corrected chi connectivity index (χ2v) is 7.79. The highest BCUT2D eigenvalue weighted by atomic mass is 35.5. The monoisotopic (exact) mass is 404 g/mol. The molecule has 2 amide bonds. The van der Waals surface area contributed by atoms with Crippen molar-refractivity contribution in [2.45, 2.75) is 50.7 Å². The second kappa shape index (κ2) is 8.75. The normalized spacial score (nSPS) is 16.4. The Morgan fingerprint density at radius 1 is 1.21 bits per heavy atom. The molecule has 1 heterocycles. The number of hydrogen-bond donors (Lipinski definition) is 3. The van der Waals surface area contributed by atoms with Crippen LogP contribution in [0.2, 0.25) is 5.02 Å². The topological polar surface area (TPSA) is 110 Å². The minimum absolute atomic E-state index is 0.0144. The molecule has 7 nitrogen and oxygen atoms in total. The number of nitrogens with zero attached hydrogens (tertiary/aromatic N) is 2. The molecule has 1 fully saturated rings. The number of primary amides is 1. The number of aliphatic hydroxyl groups is 1. The van der Waals surface area contributed by atoms with Crippen molar-refractivity contribution in [1.29, 1.82) is 0 Å². The lowest BCUT2D eigenvalue weighted by molar-refractivity contribution is -0.118. The van der Waals surface area contributed by atoms with Crippen molar-refractivity contribution in [3.63, 3.8) is 0 Å². The van der Waals surface area contributed by atoms with Crippen molar-refractivity contribution in [1.82, 2.24) is 15.1 Å². The summed E-state index contributed by atoms with van der Waals surface area (Å²) in [6, 6.07) is 6.79. The number of halogens is 1. The molecule has 0 unspecified atom stereocenters. The Morgan fingerprint density at radius 3 is 2.61 bits per heavy atom. The largest absolute Gasteiger partial charge is 0.388 e. The highest BCUT2D eigenvalue weighted by Crippen LogP contribution is 2.27. The molecule has 3 rings (SSSR count). The maximum absolute atomic E-state index is 12.7. The van der Waals surface area contributed by atoms with Crippen LogP contribution in [-0.2, 0) is 11.3 Å². The summed E-state index contributed by atoms with van der Waals surface area (Å²) >= 11 is 6.22. The van der Waals surface area contributed by atoms with E-state index in [4.69, 9.17) is 17.3 Å². The summed E-state index contributed by atoms with van der Waals surface area (Å²) in [6.45, 7) is 0.194. The summed E-state index contributed by atoms with van der Waals surface area (Å²) in [5.74, 6) is -0.816. The number of benzene rings is 1. The molecule has 8 heteroatoms. The van der Waals surface area contributed by atoms with Crippen LogP contribution in [0.4, 0.5) is 0 Å². The summed E-state index contributed by atoms with van der Waals surface area (Å²) in [5, 5.41) is 18.2. The van der Waals surface area contributed by atoms with E-state index in [1.807, 2.05) is 0 Å². The van der Waals surface area contributed by atoms with Gasteiger partial charge in [-0.25, -0.2) is 0 Å². The molecule has 0 atom stereocenters. The molecule has 0 radical (unpaired) electrons. The molecule has 0 saturated heterocycles. The van der Waals surface area contributed by atoms with Crippen LogP contribution in [0.3, 0.4) is 0 Å². The van der Waals surface area contributed by atoms with Crippen LogP contribution in [0.15, 0.2) is 30.5 Å². The average Bonchev–Trinajstić information content (AvgIpc) is 2.99. The number of hydrogen-bond acceptors (Lipinski definition) is 4. The van der Waals surface area contributed by atoms with Crippen molar-refractivity contribution in [3.8, 4) is 11.3 Å². The fourth-order valence-corrected chi connectivity index (χ4v) is 3.73. The van der Waals surface area contributed by atoms with Gasteiger partial charge in [0.25, 0.3) is 5.91 Å². The van der Waals surface area contributed by atoms with Gasteiger partial charge in [-0.3, -0.25) is 14.3 Å². The average molecular weight is 405 g/mol. The minimum Gasteiger partial charge on any atom is -0.388 e. The van der Waals surface area contributed by atoms with Gasteiger partial charge < -0.3 is 16.2 Å². The van der Waals surface area contributed by atoms with Gasteiger partial charge >= 0.3 is 0 Å². The smallest absolute Gasteiger partial charge is 0.252 e. The molecule has 1 aliphatic rings. The van der Waals surface area contributed by atoms with Gasteiger partial charge in [0.1, 0.15) is 6.54 Å². The summed E-state index contributed by atoms with van der Waals surface area (Å²) in [7, 11) is 0. The SMILES string of the molecule is NC(=O)Cn1ccc(-c2ccc(Cl)c(C(=O)NCC3(O)CCCCCC3)c2)n1. The van der Waals surface area contributed by atoms with E-state index in [0.29, 0.717) is 34.7 Å². The Labute approximate surface area is 168 Å². The standard InChI is InChI=1S/C20H25ClN4O3/c21-16-6-5-14(17-7-10-25(24-17)12-18(22)26)11-15(16)19(27)23-13-20(28)8-3-1-2-4-9-20/h5-7,10-11,28H,1-4,8-9,12-13H2,(H2,22,26)(H,23,27). The fourth-order valence-electron chi connectivity index (χ4n) is 3.53. The van der Waals surface area contributed by atoms with Gasteiger partial charge in [-0.05, 0) is 31.0 Å². The van der Waals surface area contributed by atoms with Gasteiger partial charge in [0.2, 0.25) is 5.91 Å². The van der Waals surface area contributed by atoms with Crippen LogP contribution < -0.4 is 11.1 Å². The maximum atomic E-state index is 12.7. The Morgan fingerprint density at radius 2 is 1.93 bits per heavy atom. The minimum atomic E-state index is -0.857. The fraction of sp³-hybridized carbons (Fsp3) is 0.450. The van der Waals surface area contributed by atoms with E-state index in [0.717, 1.165) is 25.7 Å². The molecule has 1 aromatic heterocycles. The Balaban J connectivity index is 1.72. The third-order valence-corrected chi connectivity index (χ3v) is 5.41. The van der Waals surface area contributed by atoms with E-state index in [2.05, 4.69) is 10.4 Å². The zero-order chi connectivity index (χ0) is 20.1. The van der Waals surface area contributed by atoms with Gasteiger partial charge in [-0.1, -0.05) is 43.4 Å². The molecule has 4 N–H and O–H groups in total. The molecule has 0 aliphatic heterocycles. The molecule has 150 valence electrons. The zero-order valence-electron chi connectivity index (χ0n) is 15.7. The second-order valence-electron chi connectivity index (χ2n) is 7.38. The van der Waals surface area contributed by atoms with Crippen LogP contribution >= 0.6 is 11.6 Å². The van der Waals surface area contributed by atoms with Crippen molar-refractivity contribution in [3.05, 3.63) is 41.0 Å². The lowest BCUT2D eigenvalue weighted by Gasteiger charge is -2.26. The molecule has 0 spiro atoms. The number of carbonyl (C=O) groups is 2. The van der Waals surface area contributed by atoms with Crippen molar-refractivity contribution in [2.75, 3.05) is 6.54 Å². The van der Waals surface area contributed by atoms with Crippen molar-refractivity contribution in [2.24, 2.45) is 5.73 Å². The third-order valence-electron chi connectivity index (χ3n) is 5.08. The lowest BCUT2D eigenvalue weighted by atomic mass is 9.94. The van der Waals surface area contributed by atoms with Crippen molar-refractivity contribution >= 4 is 23.4 Å². The number of amides is 2. The summed E-state index contributed by atoms with van der Waals surface area (Å²) in [5.41, 5.74) is 5.95. The molecular formula is C20H25ClN4O3. The predicted octanol–water partition coefficient (Wildman–Crippen LogP) is 2.50. The van der Waals surface area contributed by atoms with E-state index < -0.39 is 11.5 Å². The molecule has 28 heavy (non-hydrogen) atoms. The predicted molar refractivity (Wildman–Crippen MR) is 107 cm³/mol. The molecule has 0 bridgehead atoms. The zero-order valence-corrected chi connectivity index (χ0v) is 16.4. The lowest BCUT2D eigenvalue weighted by Crippen LogP contribution is -2.42. The Bertz CT molecular complexity index is 857. The highest BCUT2D eigenvalue weighted by Gasteiger charge is 2.28. The molecule has 1 aromatic carbocycles. The maximum Gasteiger partial charge on any atom is 0.252 e. The number of nitrogens with one attached hydrogen (secondary N) is 1. The van der Waals surface area contributed by atoms with Crippen LogP contribution in [0.25, 0.3) is 11.3 Å². The van der Waals surface area contributed by atoms with Crippen LogP contribution in [0.5, 0.6) is 0 Å². The summed E-state index contributed by atoms with van der Waals surface area (Å²) in [6.07, 6.45) is 7.21. The van der Waals surface area contributed by atoms with E-state index in [9.17, 15) is 14.7 Å². The first-order valence-corrected chi connectivity index (χ1v) is 9.86. The number of carbonyl (C=O) groups excluding carboxylic acids is 2. The van der Waals surface area contributed by atoms with Gasteiger partial charge in [0.15, 0.2) is 0 Å². The number of nitrogens with two attached hydrogens (primary N) is 1. The molecule has 2 aromatic rings. The highest BCUT2D eigenvalue weighted by molar-refractivity contribution is 6.34. The summed E-state index contributed by atoms with van der Waals surface area (Å²) in [4.78, 5) is 23.7. The Kier molecular flexibility index (Phi) is 6.36. The molecule has 1 aliphatic carbocycles. The van der Waals surface area contributed by atoms with Crippen LogP contribution in [-0.4, -0.2) is 38.8 Å². The van der Waals surface area contributed by atoms with Gasteiger partial charge in [-0.15, -0.1) is 0 Å². The number of aromatic nitrogens is 2. The number of rotatable bonds is 6.